The second-order valence-electron chi connectivity index (χ2n) is 4.01. The van der Waals surface area contributed by atoms with Crippen molar-refractivity contribution in [2.75, 3.05) is 0 Å². The molecule has 0 bridgehead atoms. The smallest absolute Gasteiger partial charge is 0.325 e. The third-order valence-corrected chi connectivity index (χ3v) is 2.43. The number of halogens is 1. The molecule has 0 aliphatic carbocycles. The summed E-state index contributed by atoms with van der Waals surface area (Å²) in [5.41, 5.74) is 6.35. The minimum atomic E-state index is -1.13. The summed E-state index contributed by atoms with van der Waals surface area (Å²) in [6.07, 6.45) is 0.221. The fourth-order valence-electron chi connectivity index (χ4n) is 1.35. The Balaban J connectivity index is 2.54. The van der Waals surface area contributed by atoms with Gasteiger partial charge in [0.1, 0.15) is 11.9 Å². The number of nitrogens with two attached hydrogens (primary N) is 1. The molecule has 1 aromatic carbocycles. The number of carbonyl (C=O) groups is 2. The van der Waals surface area contributed by atoms with E-state index >= 15 is 0 Å². The molecule has 2 atom stereocenters. The van der Waals surface area contributed by atoms with Gasteiger partial charge in [-0.05, 0) is 31.0 Å². The zero-order valence-corrected chi connectivity index (χ0v) is 9.89. The topological polar surface area (TPSA) is 92.4 Å². The standard InChI is InChI=1S/C12H15FN2O3/c1-7(12(17)18)15-11(16)10(14)6-8-2-4-9(13)5-3-8/h2-5,7,10H,6,14H2,1H3,(H,15,16)(H,17,18)/t7-,10-/m0/s1. The van der Waals surface area contributed by atoms with Crippen LogP contribution in [0.4, 0.5) is 4.39 Å². The van der Waals surface area contributed by atoms with Crippen LogP contribution in [0.25, 0.3) is 0 Å². The number of rotatable bonds is 5. The molecule has 1 rings (SSSR count). The van der Waals surface area contributed by atoms with Crippen LogP contribution in [0.2, 0.25) is 0 Å². The van der Waals surface area contributed by atoms with Crippen LogP contribution in [0.15, 0.2) is 24.3 Å². The van der Waals surface area contributed by atoms with Crippen molar-refractivity contribution in [1.82, 2.24) is 5.32 Å². The number of nitrogens with one attached hydrogen (secondary N) is 1. The van der Waals surface area contributed by atoms with Crippen molar-refractivity contribution in [3.63, 3.8) is 0 Å². The minimum Gasteiger partial charge on any atom is -0.480 e. The van der Waals surface area contributed by atoms with Gasteiger partial charge in [-0.3, -0.25) is 9.59 Å². The van der Waals surface area contributed by atoms with Gasteiger partial charge in [-0.15, -0.1) is 0 Å². The van der Waals surface area contributed by atoms with Crippen LogP contribution in [-0.2, 0) is 16.0 Å². The molecule has 0 unspecified atom stereocenters. The Labute approximate surface area is 104 Å². The molecule has 0 aliphatic heterocycles. The third-order valence-electron chi connectivity index (χ3n) is 2.43. The summed E-state index contributed by atoms with van der Waals surface area (Å²) in [6.45, 7) is 1.35. The Hall–Kier alpha value is -1.95. The summed E-state index contributed by atoms with van der Waals surface area (Å²) in [4.78, 5) is 22.1. The molecule has 0 aromatic heterocycles. The van der Waals surface area contributed by atoms with Crippen molar-refractivity contribution >= 4 is 11.9 Å². The Morgan fingerprint density at radius 2 is 1.94 bits per heavy atom. The quantitative estimate of drug-likeness (QED) is 0.704. The molecule has 5 nitrogen and oxygen atoms in total. The monoisotopic (exact) mass is 254 g/mol. The van der Waals surface area contributed by atoms with Gasteiger partial charge in [-0.1, -0.05) is 12.1 Å². The first-order chi connectivity index (χ1) is 8.40. The van der Waals surface area contributed by atoms with Crippen LogP contribution in [0, 0.1) is 5.82 Å². The van der Waals surface area contributed by atoms with E-state index in [9.17, 15) is 14.0 Å². The van der Waals surface area contributed by atoms with E-state index in [0.29, 0.717) is 5.56 Å². The number of aliphatic carboxylic acids is 1. The van der Waals surface area contributed by atoms with Gasteiger partial charge >= 0.3 is 5.97 Å². The van der Waals surface area contributed by atoms with E-state index in [1.54, 1.807) is 0 Å². The van der Waals surface area contributed by atoms with Gasteiger partial charge in [0, 0.05) is 0 Å². The summed E-state index contributed by atoms with van der Waals surface area (Å²) in [5, 5.41) is 10.9. The van der Waals surface area contributed by atoms with Crippen LogP contribution in [0.1, 0.15) is 12.5 Å². The first-order valence-electron chi connectivity index (χ1n) is 5.43. The van der Waals surface area contributed by atoms with Crippen LogP contribution in [0.3, 0.4) is 0 Å². The van der Waals surface area contributed by atoms with Crippen molar-refractivity contribution in [3.8, 4) is 0 Å². The van der Waals surface area contributed by atoms with E-state index < -0.39 is 24.0 Å². The van der Waals surface area contributed by atoms with Gasteiger partial charge in [0.15, 0.2) is 0 Å². The lowest BCUT2D eigenvalue weighted by molar-refractivity contribution is -0.141. The van der Waals surface area contributed by atoms with Gasteiger partial charge in [0.2, 0.25) is 5.91 Å². The Kier molecular flexibility index (Phi) is 4.79. The first kappa shape index (κ1) is 14.1. The number of hydrogen-bond donors (Lipinski definition) is 3. The average molecular weight is 254 g/mol. The lowest BCUT2D eigenvalue weighted by Crippen LogP contribution is -2.48. The van der Waals surface area contributed by atoms with Gasteiger partial charge in [0.05, 0.1) is 6.04 Å². The van der Waals surface area contributed by atoms with Gasteiger partial charge < -0.3 is 16.2 Å². The van der Waals surface area contributed by atoms with E-state index in [2.05, 4.69) is 5.32 Å². The lowest BCUT2D eigenvalue weighted by Gasteiger charge is -2.14. The number of benzene rings is 1. The molecule has 18 heavy (non-hydrogen) atoms. The predicted molar refractivity (Wildman–Crippen MR) is 63.3 cm³/mol. The van der Waals surface area contributed by atoms with Crippen LogP contribution >= 0.6 is 0 Å². The maximum Gasteiger partial charge on any atom is 0.325 e. The van der Waals surface area contributed by atoms with E-state index in [1.807, 2.05) is 0 Å². The number of carbonyl (C=O) groups excluding carboxylic acids is 1. The summed E-state index contributed by atoms with van der Waals surface area (Å²) in [5.74, 6) is -2.04. The third kappa shape index (κ3) is 4.14. The SMILES string of the molecule is C[C@H](NC(=O)[C@@H](N)Cc1ccc(F)cc1)C(=O)O. The normalized spacial score (nSPS) is 13.7. The molecule has 0 radical (unpaired) electrons. The van der Waals surface area contributed by atoms with Crippen LogP contribution in [-0.4, -0.2) is 29.1 Å². The molecular weight excluding hydrogens is 239 g/mol. The molecule has 0 saturated carbocycles. The highest BCUT2D eigenvalue weighted by molar-refractivity contribution is 5.86. The molecule has 0 heterocycles. The highest BCUT2D eigenvalue weighted by atomic mass is 19.1. The summed E-state index contributed by atoms with van der Waals surface area (Å²) < 4.78 is 12.7. The zero-order valence-electron chi connectivity index (χ0n) is 9.89. The largest absolute Gasteiger partial charge is 0.480 e. The van der Waals surface area contributed by atoms with E-state index in [0.717, 1.165) is 0 Å². The molecule has 1 aromatic rings. The van der Waals surface area contributed by atoms with E-state index in [-0.39, 0.29) is 12.2 Å². The number of carboxylic acids is 1. The van der Waals surface area contributed by atoms with Gasteiger partial charge in [-0.25, -0.2) is 4.39 Å². The molecule has 0 fully saturated rings. The highest BCUT2D eigenvalue weighted by Gasteiger charge is 2.19. The maximum absolute atomic E-state index is 12.7. The highest BCUT2D eigenvalue weighted by Crippen LogP contribution is 2.05. The van der Waals surface area contributed by atoms with Crippen molar-refractivity contribution in [3.05, 3.63) is 35.6 Å². The minimum absolute atomic E-state index is 0.221. The first-order valence-corrected chi connectivity index (χ1v) is 5.43. The van der Waals surface area contributed by atoms with Crippen molar-refractivity contribution in [2.45, 2.75) is 25.4 Å². The number of amides is 1. The van der Waals surface area contributed by atoms with Crippen molar-refractivity contribution in [2.24, 2.45) is 5.73 Å². The predicted octanol–water partition coefficient (Wildman–Crippen LogP) is 0.285. The molecule has 1 amide bonds. The zero-order chi connectivity index (χ0) is 13.7. The second kappa shape index (κ2) is 6.11. The van der Waals surface area contributed by atoms with Crippen LogP contribution < -0.4 is 11.1 Å². The molecular formula is C12H15FN2O3. The fourth-order valence-corrected chi connectivity index (χ4v) is 1.35. The molecule has 0 aliphatic rings. The molecule has 98 valence electrons. The Morgan fingerprint density at radius 1 is 1.39 bits per heavy atom. The van der Waals surface area contributed by atoms with Crippen molar-refractivity contribution < 1.29 is 19.1 Å². The Bertz CT molecular complexity index is 433. The summed E-state index contributed by atoms with van der Waals surface area (Å²) >= 11 is 0. The number of carboxylic acid groups (broad SMARTS) is 1. The fraction of sp³-hybridized carbons (Fsp3) is 0.333. The average Bonchev–Trinajstić information content (AvgIpc) is 2.31. The van der Waals surface area contributed by atoms with Gasteiger partial charge in [0.25, 0.3) is 0 Å². The van der Waals surface area contributed by atoms with Crippen molar-refractivity contribution in [1.29, 1.82) is 0 Å². The van der Waals surface area contributed by atoms with Crippen LogP contribution in [0.5, 0.6) is 0 Å². The molecule has 0 saturated heterocycles. The molecule has 0 spiro atoms. The van der Waals surface area contributed by atoms with E-state index in [1.165, 1.54) is 31.2 Å². The summed E-state index contributed by atoms with van der Waals surface area (Å²) in [6, 6.07) is 3.76. The molecule has 6 heteroatoms. The maximum atomic E-state index is 12.7. The molecule has 4 N–H and O–H groups in total. The second-order valence-corrected chi connectivity index (χ2v) is 4.01. The summed E-state index contributed by atoms with van der Waals surface area (Å²) in [7, 11) is 0. The number of hydrogen-bond acceptors (Lipinski definition) is 3. The Morgan fingerprint density at radius 3 is 2.44 bits per heavy atom. The van der Waals surface area contributed by atoms with E-state index in [4.69, 9.17) is 10.8 Å². The van der Waals surface area contributed by atoms with Gasteiger partial charge in [-0.2, -0.15) is 0 Å². The lowest BCUT2D eigenvalue weighted by atomic mass is 10.1.